The van der Waals surface area contributed by atoms with Crippen molar-refractivity contribution in [3.8, 4) is 5.75 Å². The first kappa shape index (κ1) is 17.0. The summed E-state index contributed by atoms with van der Waals surface area (Å²) in [5.74, 6) is 0.539. The van der Waals surface area contributed by atoms with Crippen molar-refractivity contribution in [2.24, 2.45) is 11.1 Å². The van der Waals surface area contributed by atoms with E-state index >= 15 is 0 Å². The Morgan fingerprint density at radius 1 is 1.30 bits per heavy atom. The van der Waals surface area contributed by atoms with Crippen molar-refractivity contribution in [1.29, 1.82) is 0 Å². The summed E-state index contributed by atoms with van der Waals surface area (Å²) < 4.78 is 29.1. The number of ether oxygens (including phenoxy) is 1. The minimum atomic E-state index is -3.23. The summed E-state index contributed by atoms with van der Waals surface area (Å²) in [5, 5.41) is 0. The van der Waals surface area contributed by atoms with Gasteiger partial charge in [0.2, 0.25) is 0 Å². The van der Waals surface area contributed by atoms with Crippen LogP contribution >= 0.6 is 0 Å². The maximum Gasteiger partial charge on any atom is 0.175 e. The number of hydrogen-bond donors (Lipinski definition) is 1. The van der Waals surface area contributed by atoms with Crippen LogP contribution in [-0.4, -0.2) is 26.8 Å². The molecule has 0 fully saturated rings. The molecule has 0 amide bonds. The number of rotatable bonds is 5. The first-order chi connectivity index (χ1) is 9.05. The molecule has 1 rings (SSSR count). The molecule has 0 saturated heterocycles. The molecule has 114 valence electrons. The highest BCUT2D eigenvalue weighted by molar-refractivity contribution is 7.90. The number of benzene rings is 1. The van der Waals surface area contributed by atoms with Gasteiger partial charge in [-0.3, -0.25) is 0 Å². The molecule has 5 heteroatoms. The van der Waals surface area contributed by atoms with Gasteiger partial charge in [0.15, 0.2) is 9.84 Å². The first-order valence-electron chi connectivity index (χ1n) is 6.78. The van der Waals surface area contributed by atoms with E-state index in [4.69, 9.17) is 10.5 Å². The minimum absolute atomic E-state index is 0.100. The van der Waals surface area contributed by atoms with E-state index in [0.717, 1.165) is 6.42 Å². The van der Waals surface area contributed by atoms with Gasteiger partial charge in [-0.2, -0.15) is 0 Å². The highest BCUT2D eigenvalue weighted by atomic mass is 32.2. The van der Waals surface area contributed by atoms with Crippen LogP contribution in [0.15, 0.2) is 29.2 Å². The Morgan fingerprint density at radius 2 is 1.90 bits per heavy atom. The lowest BCUT2D eigenvalue weighted by Crippen LogP contribution is -2.47. The number of hydrogen-bond acceptors (Lipinski definition) is 4. The highest BCUT2D eigenvalue weighted by Crippen LogP contribution is 2.28. The lowest BCUT2D eigenvalue weighted by Gasteiger charge is -2.35. The van der Waals surface area contributed by atoms with Crippen LogP contribution in [0.25, 0.3) is 0 Å². The molecule has 2 unspecified atom stereocenters. The third-order valence-corrected chi connectivity index (χ3v) is 4.32. The van der Waals surface area contributed by atoms with Gasteiger partial charge in [-0.15, -0.1) is 0 Å². The van der Waals surface area contributed by atoms with E-state index in [1.807, 2.05) is 6.92 Å². The van der Waals surface area contributed by atoms with Crippen molar-refractivity contribution in [3.63, 3.8) is 0 Å². The van der Waals surface area contributed by atoms with Crippen molar-refractivity contribution in [3.05, 3.63) is 24.3 Å². The zero-order chi connectivity index (χ0) is 15.6. The van der Waals surface area contributed by atoms with Gasteiger partial charge >= 0.3 is 0 Å². The molecule has 0 saturated carbocycles. The monoisotopic (exact) mass is 299 g/mol. The molecule has 0 radical (unpaired) electrons. The molecular formula is C15H25NO3S. The van der Waals surface area contributed by atoms with E-state index in [-0.39, 0.29) is 22.5 Å². The maximum atomic E-state index is 11.6. The molecule has 0 aliphatic rings. The van der Waals surface area contributed by atoms with Gasteiger partial charge in [0.05, 0.1) is 4.90 Å². The number of sulfone groups is 1. The quantitative estimate of drug-likeness (QED) is 0.907. The van der Waals surface area contributed by atoms with Crippen molar-refractivity contribution >= 4 is 9.84 Å². The predicted molar refractivity (Wildman–Crippen MR) is 81.7 cm³/mol. The Labute approximate surface area is 122 Å². The van der Waals surface area contributed by atoms with Gasteiger partial charge < -0.3 is 10.5 Å². The molecule has 20 heavy (non-hydrogen) atoms. The predicted octanol–water partition coefficient (Wildman–Crippen LogP) is 2.62. The Morgan fingerprint density at radius 3 is 2.35 bits per heavy atom. The summed E-state index contributed by atoms with van der Waals surface area (Å²) in [5.41, 5.74) is 6.00. The van der Waals surface area contributed by atoms with Crippen LogP contribution in [0.5, 0.6) is 5.75 Å². The molecule has 4 nitrogen and oxygen atoms in total. The number of nitrogens with two attached hydrogens (primary N) is 1. The summed E-state index contributed by atoms with van der Waals surface area (Å²) in [6.07, 6.45) is 1.81. The van der Waals surface area contributed by atoms with Gasteiger partial charge in [0.25, 0.3) is 0 Å². The lowest BCUT2D eigenvalue weighted by atomic mass is 9.84. The van der Waals surface area contributed by atoms with Crippen LogP contribution < -0.4 is 10.5 Å². The largest absolute Gasteiger partial charge is 0.488 e. The fourth-order valence-electron chi connectivity index (χ4n) is 2.05. The second kappa shape index (κ2) is 6.14. The maximum absolute atomic E-state index is 11.6. The Balaban J connectivity index is 3.07. The zero-order valence-corrected chi connectivity index (χ0v) is 13.7. The molecule has 1 aromatic carbocycles. The van der Waals surface area contributed by atoms with E-state index in [0.29, 0.717) is 5.75 Å². The topological polar surface area (TPSA) is 69.4 Å². The Bertz CT molecular complexity index is 546. The minimum Gasteiger partial charge on any atom is -0.488 e. The van der Waals surface area contributed by atoms with Crippen LogP contribution in [0, 0.1) is 5.41 Å². The van der Waals surface area contributed by atoms with Crippen LogP contribution in [0.2, 0.25) is 0 Å². The fraction of sp³-hybridized carbons (Fsp3) is 0.600. The normalized spacial score (nSPS) is 15.7. The van der Waals surface area contributed by atoms with E-state index in [9.17, 15) is 8.42 Å². The van der Waals surface area contributed by atoms with Crippen molar-refractivity contribution in [2.45, 2.75) is 51.2 Å². The smallest absolute Gasteiger partial charge is 0.175 e. The standard InChI is InChI=1S/C15H25NO3S/c1-6-13(16)14(15(2,3)4)19-11-8-7-9-12(10-11)20(5,17)18/h7-10,13-14H,6,16H2,1-5H3. The van der Waals surface area contributed by atoms with E-state index in [2.05, 4.69) is 20.8 Å². The van der Waals surface area contributed by atoms with Crippen LogP contribution in [0.3, 0.4) is 0 Å². The summed E-state index contributed by atoms with van der Waals surface area (Å²) in [6, 6.07) is 6.46. The molecule has 2 atom stereocenters. The zero-order valence-electron chi connectivity index (χ0n) is 12.9. The molecule has 0 aliphatic carbocycles. The SMILES string of the molecule is CCC(N)C(Oc1cccc(S(C)(=O)=O)c1)C(C)(C)C. The highest BCUT2D eigenvalue weighted by Gasteiger charge is 2.31. The van der Waals surface area contributed by atoms with E-state index < -0.39 is 9.84 Å². The summed E-state index contributed by atoms with van der Waals surface area (Å²) >= 11 is 0. The van der Waals surface area contributed by atoms with Gasteiger partial charge in [0, 0.05) is 17.7 Å². The third kappa shape index (κ3) is 4.49. The molecular weight excluding hydrogens is 274 g/mol. The Hall–Kier alpha value is -1.07. The van der Waals surface area contributed by atoms with Crippen LogP contribution in [0.4, 0.5) is 0 Å². The second-order valence-corrected chi connectivity index (χ2v) is 8.24. The van der Waals surface area contributed by atoms with Gasteiger partial charge in [-0.25, -0.2) is 8.42 Å². The van der Waals surface area contributed by atoms with Crippen molar-refractivity contribution in [2.75, 3.05) is 6.26 Å². The molecule has 2 N–H and O–H groups in total. The third-order valence-electron chi connectivity index (χ3n) is 3.21. The van der Waals surface area contributed by atoms with Gasteiger partial charge in [-0.05, 0) is 24.6 Å². The lowest BCUT2D eigenvalue weighted by molar-refractivity contribution is 0.0619. The molecule has 1 aromatic rings. The Kier molecular flexibility index (Phi) is 5.21. The molecule has 0 spiro atoms. The summed E-state index contributed by atoms with van der Waals surface area (Å²) in [4.78, 5) is 0.257. The second-order valence-electron chi connectivity index (χ2n) is 6.22. The van der Waals surface area contributed by atoms with Crippen molar-refractivity contribution < 1.29 is 13.2 Å². The first-order valence-corrected chi connectivity index (χ1v) is 8.67. The molecule has 0 aromatic heterocycles. The average Bonchev–Trinajstić information content (AvgIpc) is 2.33. The van der Waals surface area contributed by atoms with Gasteiger partial charge in [-0.1, -0.05) is 33.8 Å². The van der Waals surface area contributed by atoms with Crippen LogP contribution in [0.1, 0.15) is 34.1 Å². The van der Waals surface area contributed by atoms with Crippen LogP contribution in [-0.2, 0) is 9.84 Å². The molecule has 0 aliphatic heterocycles. The summed E-state index contributed by atoms with van der Waals surface area (Å²) in [6.45, 7) is 8.20. The van der Waals surface area contributed by atoms with Gasteiger partial charge in [0.1, 0.15) is 11.9 Å². The summed E-state index contributed by atoms with van der Waals surface area (Å²) in [7, 11) is -3.23. The van der Waals surface area contributed by atoms with E-state index in [1.54, 1.807) is 24.3 Å². The molecule has 0 bridgehead atoms. The van der Waals surface area contributed by atoms with E-state index in [1.165, 1.54) is 6.26 Å². The average molecular weight is 299 g/mol. The van der Waals surface area contributed by atoms with Crippen molar-refractivity contribution in [1.82, 2.24) is 0 Å². The molecule has 0 heterocycles. The fourth-order valence-corrected chi connectivity index (χ4v) is 2.70.